The minimum absolute atomic E-state index is 0.101. The lowest BCUT2D eigenvalue weighted by molar-refractivity contribution is 0.0730. The van der Waals surface area contributed by atoms with Gasteiger partial charge in [-0.05, 0) is 49.2 Å². The summed E-state index contributed by atoms with van der Waals surface area (Å²) in [6.07, 6.45) is 0. The molecule has 1 saturated heterocycles. The molecule has 0 spiro atoms. The zero-order chi connectivity index (χ0) is 22.6. The van der Waals surface area contributed by atoms with Gasteiger partial charge in [-0.25, -0.2) is 8.42 Å². The second kappa shape index (κ2) is 9.67. The Balaban J connectivity index is 1.82. The number of hydrogen-bond acceptors (Lipinski definition) is 6. The van der Waals surface area contributed by atoms with Gasteiger partial charge in [0.15, 0.2) is 11.5 Å². The number of rotatable bonds is 7. The van der Waals surface area contributed by atoms with Gasteiger partial charge >= 0.3 is 0 Å². The number of nitrogens with zero attached hydrogens (tertiary/aromatic N) is 1. The molecule has 2 aromatic carbocycles. The number of morpholine rings is 1. The Kier molecular flexibility index (Phi) is 7.19. The van der Waals surface area contributed by atoms with E-state index in [-0.39, 0.29) is 16.8 Å². The Morgan fingerprint density at radius 1 is 1.06 bits per heavy atom. The molecule has 1 aliphatic heterocycles. The van der Waals surface area contributed by atoms with Crippen LogP contribution in [0, 0.1) is 6.92 Å². The fourth-order valence-electron chi connectivity index (χ4n) is 3.42. The van der Waals surface area contributed by atoms with Gasteiger partial charge in [-0.2, -0.15) is 4.31 Å². The third kappa shape index (κ3) is 5.00. The van der Waals surface area contributed by atoms with E-state index in [1.165, 1.54) is 16.4 Å². The maximum Gasteiger partial charge on any atom is 0.252 e. The van der Waals surface area contributed by atoms with Crippen LogP contribution in [-0.4, -0.2) is 59.2 Å². The molecule has 1 unspecified atom stereocenters. The highest BCUT2D eigenvalue weighted by Gasteiger charge is 2.27. The molecular formula is C22H28N2O6S. The first-order chi connectivity index (χ1) is 14.8. The molecule has 1 atom stereocenters. The van der Waals surface area contributed by atoms with Crippen LogP contribution in [-0.2, 0) is 14.8 Å². The first kappa shape index (κ1) is 23.1. The van der Waals surface area contributed by atoms with E-state index in [1.807, 2.05) is 13.0 Å². The van der Waals surface area contributed by atoms with Crippen molar-refractivity contribution in [1.29, 1.82) is 0 Å². The Morgan fingerprint density at radius 3 is 2.39 bits per heavy atom. The molecule has 0 saturated carbocycles. The number of benzene rings is 2. The van der Waals surface area contributed by atoms with E-state index in [0.29, 0.717) is 48.9 Å². The maximum atomic E-state index is 13.0. The van der Waals surface area contributed by atoms with Crippen LogP contribution >= 0.6 is 0 Å². The number of amides is 1. The van der Waals surface area contributed by atoms with Crippen LogP contribution in [0.2, 0.25) is 0 Å². The summed E-state index contributed by atoms with van der Waals surface area (Å²) in [4.78, 5) is 13.1. The molecule has 0 bridgehead atoms. The lowest BCUT2D eigenvalue weighted by Gasteiger charge is -2.26. The zero-order valence-electron chi connectivity index (χ0n) is 18.2. The van der Waals surface area contributed by atoms with Crippen molar-refractivity contribution in [2.75, 3.05) is 40.5 Å². The van der Waals surface area contributed by atoms with Crippen molar-refractivity contribution in [3.8, 4) is 11.5 Å². The summed E-state index contributed by atoms with van der Waals surface area (Å²) in [5.41, 5.74) is 1.85. The third-order valence-electron chi connectivity index (χ3n) is 5.32. The van der Waals surface area contributed by atoms with Gasteiger partial charge in [0.25, 0.3) is 5.91 Å². The molecule has 0 aromatic heterocycles. The van der Waals surface area contributed by atoms with Crippen molar-refractivity contribution < 1.29 is 27.4 Å². The number of carbonyl (C=O) groups is 1. The molecule has 1 aliphatic rings. The Hall–Kier alpha value is -2.62. The molecule has 9 heteroatoms. The number of carbonyl (C=O) groups excluding carboxylic acids is 1. The molecule has 1 fully saturated rings. The first-order valence-corrected chi connectivity index (χ1v) is 11.4. The zero-order valence-corrected chi connectivity index (χ0v) is 19.0. The largest absolute Gasteiger partial charge is 0.493 e. The highest BCUT2D eigenvalue weighted by atomic mass is 32.2. The van der Waals surface area contributed by atoms with Crippen molar-refractivity contribution in [3.05, 3.63) is 53.1 Å². The summed E-state index contributed by atoms with van der Waals surface area (Å²) < 4.78 is 43.1. The van der Waals surface area contributed by atoms with E-state index >= 15 is 0 Å². The summed E-state index contributed by atoms with van der Waals surface area (Å²) in [6.45, 7) is 4.95. The lowest BCUT2D eigenvalue weighted by atomic mass is 10.1. The molecule has 3 rings (SSSR count). The van der Waals surface area contributed by atoms with Crippen LogP contribution in [0.15, 0.2) is 41.3 Å². The number of hydrogen-bond donors (Lipinski definition) is 1. The smallest absolute Gasteiger partial charge is 0.252 e. The molecule has 0 radical (unpaired) electrons. The molecular weight excluding hydrogens is 420 g/mol. The molecule has 8 nitrogen and oxygen atoms in total. The molecule has 0 aliphatic carbocycles. The highest BCUT2D eigenvalue weighted by Crippen LogP contribution is 2.30. The van der Waals surface area contributed by atoms with Gasteiger partial charge in [0, 0.05) is 18.7 Å². The minimum Gasteiger partial charge on any atom is -0.493 e. The normalized spacial score (nSPS) is 15.9. The van der Waals surface area contributed by atoms with E-state index in [2.05, 4.69) is 5.32 Å². The number of aryl methyl sites for hydroxylation is 1. The average molecular weight is 449 g/mol. The van der Waals surface area contributed by atoms with Crippen molar-refractivity contribution >= 4 is 15.9 Å². The standard InChI is InChI=1S/C22H28N2O6S/c1-15-5-7-18(31(26,27)24-9-11-30-12-10-24)14-19(15)22(25)23-16(2)17-6-8-20(28-3)21(13-17)29-4/h5-8,13-14,16H,9-12H2,1-4H3,(H,23,25). The van der Waals surface area contributed by atoms with E-state index in [4.69, 9.17) is 14.2 Å². The Labute approximate surface area is 183 Å². The summed E-state index contributed by atoms with van der Waals surface area (Å²) in [7, 11) is -0.580. The summed E-state index contributed by atoms with van der Waals surface area (Å²) >= 11 is 0. The topological polar surface area (TPSA) is 94.2 Å². The third-order valence-corrected chi connectivity index (χ3v) is 7.21. The number of methoxy groups -OCH3 is 2. The van der Waals surface area contributed by atoms with Crippen molar-refractivity contribution in [2.45, 2.75) is 24.8 Å². The highest BCUT2D eigenvalue weighted by molar-refractivity contribution is 7.89. The monoisotopic (exact) mass is 448 g/mol. The van der Waals surface area contributed by atoms with Crippen LogP contribution in [0.3, 0.4) is 0 Å². The molecule has 1 amide bonds. The van der Waals surface area contributed by atoms with Crippen LogP contribution in [0.25, 0.3) is 0 Å². The van der Waals surface area contributed by atoms with Gasteiger partial charge < -0.3 is 19.5 Å². The maximum absolute atomic E-state index is 13.0. The Morgan fingerprint density at radius 2 is 1.74 bits per heavy atom. The first-order valence-electron chi connectivity index (χ1n) is 9.99. The summed E-state index contributed by atoms with van der Waals surface area (Å²) in [5, 5.41) is 2.94. The van der Waals surface area contributed by atoms with Crippen molar-refractivity contribution in [1.82, 2.24) is 9.62 Å². The number of sulfonamides is 1. The van der Waals surface area contributed by atoms with E-state index < -0.39 is 10.0 Å². The summed E-state index contributed by atoms with van der Waals surface area (Å²) in [5.74, 6) is 0.816. The molecule has 1 N–H and O–H groups in total. The lowest BCUT2D eigenvalue weighted by Crippen LogP contribution is -2.40. The molecule has 1 heterocycles. The van der Waals surface area contributed by atoms with Crippen molar-refractivity contribution in [3.63, 3.8) is 0 Å². The second-order valence-corrected chi connectivity index (χ2v) is 9.24. The number of ether oxygens (including phenoxy) is 3. The predicted octanol–water partition coefficient (Wildman–Crippen LogP) is 2.52. The van der Waals surface area contributed by atoms with Gasteiger partial charge in [-0.1, -0.05) is 12.1 Å². The number of nitrogens with one attached hydrogen (secondary N) is 1. The second-order valence-electron chi connectivity index (χ2n) is 7.30. The van der Waals surface area contributed by atoms with Gasteiger partial charge in [0.2, 0.25) is 10.0 Å². The molecule has 31 heavy (non-hydrogen) atoms. The van der Waals surface area contributed by atoms with E-state index in [9.17, 15) is 13.2 Å². The molecule has 168 valence electrons. The van der Waals surface area contributed by atoms with Gasteiger partial charge in [-0.3, -0.25) is 4.79 Å². The van der Waals surface area contributed by atoms with Crippen molar-refractivity contribution in [2.24, 2.45) is 0 Å². The fraction of sp³-hybridized carbons (Fsp3) is 0.409. The van der Waals surface area contributed by atoms with Crippen LogP contribution in [0.1, 0.15) is 34.5 Å². The van der Waals surface area contributed by atoms with Crippen LogP contribution < -0.4 is 14.8 Å². The van der Waals surface area contributed by atoms with E-state index in [1.54, 1.807) is 39.3 Å². The molecule has 2 aromatic rings. The van der Waals surface area contributed by atoms with Gasteiger partial charge in [0.1, 0.15) is 0 Å². The van der Waals surface area contributed by atoms with Crippen LogP contribution in [0.5, 0.6) is 11.5 Å². The van der Waals surface area contributed by atoms with Crippen LogP contribution in [0.4, 0.5) is 0 Å². The fourth-order valence-corrected chi connectivity index (χ4v) is 4.86. The van der Waals surface area contributed by atoms with E-state index in [0.717, 1.165) is 5.56 Å². The average Bonchev–Trinajstić information content (AvgIpc) is 2.79. The minimum atomic E-state index is -3.69. The Bertz CT molecular complexity index is 1050. The van der Waals surface area contributed by atoms with Gasteiger partial charge in [0.05, 0.1) is 38.4 Å². The summed E-state index contributed by atoms with van der Waals surface area (Å²) in [6, 6.07) is 9.73. The SMILES string of the molecule is COc1ccc(C(C)NC(=O)c2cc(S(=O)(=O)N3CCOCC3)ccc2C)cc1OC. The van der Waals surface area contributed by atoms with Gasteiger partial charge in [-0.15, -0.1) is 0 Å². The predicted molar refractivity (Wildman–Crippen MR) is 116 cm³/mol. The quantitative estimate of drug-likeness (QED) is 0.700.